The molecule has 0 fully saturated rings. The number of amides is 2. The molecule has 2 N–H and O–H groups in total. The minimum Gasteiger partial charge on any atom is -0.383 e. The fourth-order valence-corrected chi connectivity index (χ4v) is 4.23. The number of nitrogens with two attached hydrogens (primary N) is 1. The van der Waals surface area contributed by atoms with Crippen molar-refractivity contribution in [2.24, 2.45) is 11.7 Å². The van der Waals surface area contributed by atoms with Crippen molar-refractivity contribution in [3.05, 3.63) is 65.0 Å². The third-order valence-electron chi connectivity index (χ3n) is 5.65. The lowest BCUT2D eigenvalue weighted by molar-refractivity contribution is -0.139. The predicted octanol–water partition coefficient (Wildman–Crippen LogP) is 3.44. The topological polar surface area (TPSA) is 72.6 Å². The molecule has 0 saturated heterocycles. The summed E-state index contributed by atoms with van der Waals surface area (Å²) in [5.74, 6) is -3.47. The highest BCUT2D eigenvalue weighted by atomic mass is 19.4. The summed E-state index contributed by atoms with van der Waals surface area (Å²) < 4.78 is 58.9. The minimum absolute atomic E-state index is 0.0284. The zero-order valence-electron chi connectivity index (χ0n) is 17.0. The van der Waals surface area contributed by atoms with Crippen molar-refractivity contribution in [3.63, 3.8) is 0 Å². The molecule has 31 heavy (non-hydrogen) atoms. The molecule has 0 radical (unpaired) electrons. The van der Waals surface area contributed by atoms with E-state index in [0.29, 0.717) is 11.1 Å². The number of methoxy groups -OCH3 is 1. The van der Waals surface area contributed by atoms with Crippen LogP contribution in [0.25, 0.3) is 0 Å². The third kappa shape index (κ3) is 4.27. The van der Waals surface area contributed by atoms with E-state index in [-0.39, 0.29) is 25.3 Å². The van der Waals surface area contributed by atoms with E-state index in [9.17, 15) is 27.2 Å². The number of hydrogen-bond donors (Lipinski definition) is 1. The SMILES string of the molecule is COCCN1C(=O)C(C(N)=O)C(C)(Cc2cccc(F)c2)c2ccc(C(F)(F)F)cc21. The number of anilines is 1. The number of nitrogens with zero attached hydrogens (tertiary/aromatic N) is 1. The fraction of sp³-hybridized carbons (Fsp3) is 0.364. The molecule has 1 aliphatic heterocycles. The van der Waals surface area contributed by atoms with Crippen LogP contribution < -0.4 is 10.6 Å². The highest BCUT2D eigenvalue weighted by Crippen LogP contribution is 2.47. The van der Waals surface area contributed by atoms with E-state index in [2.05, 4.69) is 0 Å². The van der Waals surface area contributed by atoms with Gasteiger partial charge in [0.1, 0.15) is 11.7 Å². The van der Waals surface area contributed by atoms with Crippen molar-refractivity contribution in [2.75, 3.05) is 25.2 Å². The standard InChI is InChI=1S/C22H22F4N2O3/c1-21(12-13-4-3-5-15(23)10-13)16-7-6-14(22(24,25)26)11-17(16)28(8-9-31-2)20(30)18(21)19(27)29/h3-7,10-11,18H,8-9,12H2,1-2H3,(H2,27,29). The van der Waals surface area contributed by atoms with Gasteiger partial charge in [-0.3, -0.25) is 9.59 Å². The van der Waals surface area contributed by atoms with Gasteiger partial charge in [-0.1, -0.05) is 25.1 Å². The molecule has 5 nitrogen and oxygen atoms in total. The van der Waals surface area contributed by atoms with Crippen LogP contribution in [0.15, 0.2) is 42.5 Å². The van der Waals surface area contributed by atoms with Crippen molar-refractivity contribution in [1.82, 2.24) is 0 Å². The molecule has 0 aliphatic carbocycles. The average Bonchev–Trinajstić information content (AvgIpc) is 2.66. The number of hydrogen-bond acceptors (Lipinski definition) is 3. The summed E-state index contributed by atoms with van der Waals surface area (Å²) in [5.41, 5.74) is 4.26. The van der Waals surface area contributed by atoms with Gasteiger partial charge in [0.25, 0.3) is 0 Å². The van der Waals surface area contributed by atoms with E-state index in [1.54, 1.807) is 13.0 Å². The lowest BCUT2D eigenvalue weighted by Crippen LogP contribution is -2.57. The fourth-order valence-electron chi connectivity index (χ4n) is 4.23. The van der Waals surface area contributed by atoms with E-state index in [0.717, 1.165) is 17.0 Å². The van der Waals surface area contributed by atoms with Crippen LogP contribution in [0.4, 0.5) is 23.2 Å². The summed E-state index contributed by atoms with van der Waals surface area (Å²) in [6.45, 7) is 1.59. The van der Waals surface area contributed by atoms with Gasteiger partial charge in [0.2, 0.25) is 11.8 Å². The number of fused-ring (bicyclic) bond motifs is 1. The maximum absolute atomic E-state index is 13.8. The number of ether oxygens (including phenoxy) is 1. The van der Waals surface area contributed by atoms with Crippen LogP contribution in [0.2, 0.25) is 0 Å². The first-order chi connectivity index (χ1) is 14.5. The Labute approximate surface area is 176 Å². The van der Waals surface area contributed by atoms with Crippen LogP contribution in [0.5, 0.6) is 0 Å². The Kier molecular flexibility index (Phi) is 6.09. The molecule has 3 rings (SSSR count). The van der Waals surface area contributed by atoms with E-state index >= 15 is 0 Å². The van der Waals surface area contributed by atoms with Crippen LogP contribution >= 0.6 is 0 Å². The highest BCUT2D eigenvalue weighted by Gasteiger charge is 2.52. The summed E-state index contributed by atoms with van der Waals surface area (Å²) in [6, 6.07) is 8.68. The number of halogens is 4. The third-order valence-corrected chi connectivity index (χ3v) is 5.65. The molecule has 0 saturated carbocycles. The predicted molar refractivity (Wildman–Crippen MR) is 106 cm³/mol. The Bertz CT molecular complexity index is 1010. The smallest absolute Gasteiger partial charge is 0.383 e. The second-order valence-electron chi connectivity index (χ2n) is 7.77. The number of primary amides is 1. The number of rotatable bonds is 6. The van der Waals surface area contributed by atoms with Crippen molar-refractivity contribution in [2.45, 2.75) is 24.9 Å². The van der Waals surface area contributed by atoms with Crippen molar-refractivity contribution < 1.29 is 31.9 Å². The largest absolute Gasteiger partial charge is 0.416 e. The molecule has 2 aromatic carbocycles. The second kappa shape index (κ2) is 8.30. The Balaban J connectivity index is 2.23. The number of carbonyl (C=O) groups is 2. The molecular formula is C22H22F4N2O3. The molecule has 0 spiro atoms. The molecule has 2 unspecified atom stereocenters. The van der Waals surface area contributed by atoms with Gasteiger partial charge < -0.3 is 15.4 Å². The van der Waals surface area contributed by atoms with Crippen LogP contribution in [0.3, 0.4) is 0 Å². The van der Waals surface area contributed by atoms with Gasteiger partial charge in [-0.05, 0) is 41.8 Å². The second-order valence-corrected chi connectivity index (χ2v) is 7.77. The van der Waals surface area contributed by atoms with Gasteiger partial charge in [0.15, 0.2) is 0 Å². The van der Waals surface area contributed by atoms with Gasteiger partial charge in [-0.2, -0.15) is 13.2 Å². The first-order valence-electron chi connectivity index (χ1n) is 9.55. The van der Waals surface area contributed by atoms with Gasteiger partial charge >= 0.3 is 6.18 Å². The van der Waals surface area contributed by atoms with Crippen molar-refractivity contribution in [1.29, 1.82) is 0 Å². The molecule has 1 heterocycles. The number of carbonyl (C=O) groups excluding carboxylic acids is 2. The van der Waals surface area contributed by atoms with E-state index < -0.39 is 40.7 Å². The zero-order chi connectivity index (χ0) is 23.0. The van der Waals surface area contributed by atoms with Crippen LogP contribution in [0, 0.1) is 11.7 Å². The minimum atomic E-state index is -4.62. The van der Waals surface area contributed by atoms with E-state index in [1.165, 1.54) is 31.4 Å². The first-order valence-corrected chi connectivity index (χ1v) is 9.55. The van der Waals surface area contributed by atoms with Gasteiger partial charge in [0, 0.05) is 24.8 Å². The first kappa shape index (κ1) is 22.7. The summed E-state index contributed by atoms with van der Waals surface area (Å²) in [4.78, 5) is 26.8. The lowest BCUT2D eigenvalue weighted by atomic mass is 9.64. The normalized spacial score (nSPS) is 21.2. The van der Waals surface area contributed by atoms with Gasteiger partial charge in [-0.25, -0.2) is 4.39 Å². The summed E-state index contributed by atoms with van der Waals surface area (Å²) in [7, 11) is 1.39. The molecule has 9 heteroatoms. The quantitative estimate of drug-likeness (QED) is 0.555. The highest BCUT2D eigenvalue weighted by molar-refractivity contribution is 6.11. The van der Waals surface area contributed by atoms with E-state index in [1.807, 2.05) is 0 Å². The summed E-state index contributed by atoms with van der Waals surface area (Å²) in [6.07, 6.45) is -4.59. The molecule has 2 atom stereocenters. The molecule has 1 aliphatic rings. The van der Waals surface area contributed by atoms with Crippen LogP contribution in [0.1, 0.15) is 23.6 Å². The molecule has 2 amide bonds. The summed E-state index contributed by atoms with van der Waals surface area (Å²) >= 11 is 0. The average molecular weight is 438 g/mol. The Hall–Kier alpha value is -2.94. The molecule has 0 aromatic heterocycles. The molecule has 166 valence electrons. The van der Waals surface area contributed by atoms with Crippen molar-refractivity contribution >= 4 is 17.5 Å². The molecule has 0 bridgehead atoms. The maximum Gasteiger partial charge on any atom is 0.416 e. The Morgan fingerprint density at radius 3 is 2.52 bits per heavy atom. The maximum atomic E-state index is 13.8. The summed E-state index contributed by atoms with van der Waals surface area (Å²) in [5, 5.41) is 0. The lowest BCUT2D eigenvalue weighted by Gasteiger charge is -2.45. The molecule has 2 aromatic rings. The van der Waals surface area contributed by atoms with Gasteiger partial charge in [0.05, 0.1) is 12.2 Å². The zero-order valence-corrected chi connectivity index (χ0v) is 17.0. The Morgan fingerprint density at radius 1 is 1.23 bits per heavy atom. The molecular weight excluding hydrogens is 416 g/mol. The van der Waals surface area contributed by atoms with Crippen LogP contribution in [-0.2, 0) is 32.3 Å². The number of alkyl halides is 3. The van der Waals surface area contributed by atoms with Crippen LogP contribution in [-0.4, -0.2) is 32.1 Å². The van der Waals surface area contributed by atoms with Gasteiger partial charge in [-0.15, -0.1) is 0 Å². The Morgan fingerprint density at radius 2 is 1.94 bits per heavy atom. The number of benzene rings is 2. The monoisotopic (exact) mass is 438 g/mol. The van der Waals surface area contributed by atoms with Crippen molar-refractivity contribution in [3.8, 4) is 0 Å². The van der Waals surface area contributed by atoms with E-state index in [4.69, 9.17) is 10.5 Å².